The summed E-state index contributed by atoms with van der Waals surface area (Å²) < 4.78 is 6.42. The fourth-order valence-corrected chi connectivity index (χ4v) is 8.03. The number of rotatable bonds is 5. The van der Waals surface area contributed by atoms with Crippen molar-refractivity contribution in [2.24, 2.45) is 0 Å². The predicted molar refractivity (Wildman–Crippen MR) is 208 cm³/mol. The largest absolute Gasteiger partial charge is 0.455 e. The molecule has 0 N–H and O–H groups in total. The Morgan fingerprint density at radius 2 is 0.980 bits per heavy atom. The molecule has 1 aliphatic rings. The van der Waals surface area contributed by atoms with E-state index in [2.05, 4.69) is 153 Å². The van der Waals surface area contributed by atoms with Crippen molar-refractivity contribution in [3.8, 4) is 56.2 Å². The summed E-state index contributed by atoms with van der Waals surface area (Å²) in [4.78, 5) is 10.4. The van der Waals surface area contributed by atoms with Gasteiger partial charge in [0.1, 0.15) is 11.2 Å². The van der Waals surface area contributed by atoms with E-state index in [1.54, 1.807) is 0 Å². The van der Waals surface area contributed by atoms with E-state index in [0.717, 1.165) is 61.1 Å². The molecule has 0 saturated heterocycles. The Morgan fingerprint density at radius 3 is 1.75 bits per heavy atom. The third-order valence-electron chi connectivity index (χ3n) is 10.6. The lowest BCUT2D eigenvalue weighted by Crippen LogP contribution is -2.22. The van der Waals surface area contributed by atoms with Gasteiger partial charge in [0.25, 0.3) is 0 Å². The van der Waals surface area contributed by atoms with Crippen molar-refractivity contribution in [1.29, 1.82) is 0 Å². The first-order chi connectivity index (χ1) is 25.1. The lowest BCUT2D eigenvalue weighted by Gasteiger charge is -2.28. The summed E-state index contributed by atoms with van der Waals surface area (Å²) in [5.41, 5.74) is 14.9. The number of para-hydroxylation sites is 2. The van der Waals surface area contributed by atoms with Crippen LogP contribution < -0.4 is 0 Å². The van der Waals surface area contributed by atoms with E-state index in [0.29, 0.717) is 5.82 Å². The zero-order valence-corrected chi connectivity index (χ0v) is 28.0. The topological polar surface area (TPSA) is 38.9 Å². The van der Waals surface area contributed by atoms with Gasteiger partial charge in [-0.2, -0.15) is 0 Å². The maximum absolute atomic E-state index is 6.42. The lowest BCUT2D eigenvalue weighted by molar-refractivity contribution is 0.670. The maximum Gasteiger partial charge on any atom is 0.160 e. The van der Waals surface area contributed by atoms with Gasteiger partial charge in [0, 0.05) is 38.4 Å². The van der Waals surface area contributed by atoms with Crippen LogP contribution in [-0.2, 0) is 5.41 Å². The molecule has 0 amide bonds. The Bertz CT molecular complexity index is 2730. The monoisotopic (exact) mass is 652 g/mol. The fourth-order valence-electron chi connectivity index (χ4n) is 8.03. The molecule has 3 heteroatoms. The third-order valence-corrected chi connectivity index (χ3v) is 10.6. The average molecular weight is 653 g/mol. The van der Waals surface area contributed by atoms with Crippen LogP contribution >= 0.6 is 0 Å². The number of nitrogens with zero attached hydrogens (tertiary/aromatic N) is 2. The number of furan rings is 1. The molecular weight excluding hydrogens is 621 g/mol. The van der Waals surface area contributed by atoms with Crippen molar-refractivity contribution in [2.45, 2.75) is 12.3 Å². The fraction of sp³-hybridized carbons (Fsp3) is 0.0417. The van der Waals surface area contributed by atoms with E-state index in [9.17, 15) is 0 Å². The molecule has 0 bridgehead atoms. The Hall–Kier alpha value is -6.58. The summed E-state index contributed by atoms with van der Waals surface area (Å²) in [7, 11) is 0. The summed E-state index contributed by atoms with van der Waals surface area (Å²) >= 11 is 0. The molecule has 0 spiro atoms. The second-order valence-corrected chi connectivity index (χ2v) is 13.5. The quantitative estimate of drug-likeness (QED) is 0.186. The molecule has 1 aliphatic carbocycles. The van der Waals surface area contributed by atoms with Crippen LogP contribution in [-0.4, -0.2) is 9.97 Å². The second-order valence-electron chi connectivity index (χ2n) is 13.5. The highest BCUT2D eigenvalue weighted by Crippen LogP contribution is 2.52. The Balaban J connectivity index is 1.13. The molecule has 0 unspecified atom stereocenters. The Kier molecular flexibility index (Phi) is 6.62. The highest BCUT2D eigenvalue weighted by Gasteiger charge is 2.40. The second kappa shape index (κ2) is 11.5. The number of hydrogen-bond acceptors (Lipinski definition) is 3. The predicted octanol–water partition coefficient (Wildman–Crippen LogP) is 12.4. The van der Waals surface area contributed by atoms with Gasteiger partial charge in [-0.1, -0.05) is 152 Å². The van der Waals surface area contributed by atoms with Crippen molar-refractivity contribution in [3.05, 3.63) is 193 Å². The zero-order chi connectivity index (χ0) is 33.9. The van der Waals surface area contributed by atoms with Crippen LogP contribution in [0.25, 0.3) is 78.1 Å². The van der Waals surface area contributed by atoms with Crippen LogP contribution in [0.2, 0.25) is 0 Å². The maximum atomic E-state index is 6.42. The van der Waals surface area contributed by atoms with E-state index < -0.39 is 0 Å². The summed E-state index contributed by atoms with van der Waals surface area (Å²) in [6, 6.07) is 62.1. The van der Waals surface area contributed by atoms with Crippen LogP contribution in [0.3, 0.4) is 0 Å². The Labute approximate surface area is 296 Å². The molecule has 2 aromatic heterocycles. The van der Waals surface area contributed by atoms with Gasteiger partial charge in [0.2, 0.25) is 0 Å². The molecule has 2 heterocycles. The van der Waals surface area contributed by atoms with E-state index in [4.69, 9.17) is 14.4 Å². The molecule has 0 aliphatic heterocycles. The van der Waals surface area contributed by atoms with Crippen LogP contribution in [0.15, 0.2) is 180 Å². The molecule has 7 aromatic carbocycles. The minimum Gasteiger partial charge on any atom is -0.455 e. The average Bonchev–Trinajstić information content (AvgIpc) is 3.72. The van der Waals surface area contributed by atoms with Crippen LogP contribution in [0, 0.1) is 0 Å². The van der Waals surface area contributed by atoms with Gasteiger partial charge in [-0.3, -0.25) is 0 Å². The van der Waals surface area contributed by atoms with Gasteiger partial charge in [-0.15, -0.1) is 0 Å². The summed E-state index contributed by atoms with van der Waals surface area (Å²) in [6.45, 7) is 2.35. The summed E-state index contributed by atoms with van der Waals surface area (Å²) in [6.07, 6.45) is 0. The van der Waals surface area contributed by atoms with E-state index in [-0.39, 0.29) is 5.41 Å². The van der Waals surface area contributed by atoms with Crippen molar-refractivity contribution in [2.75, 3.05) is 0 Å². The number of fused-ring (bicyclic) bond motifs is 6. The molecule has 0 radical (unpaired) electrons. The van der Waals surface area contributed by atoms with E-state index >= 15 is 0 Å². The molecule has 51 heavy (non-hydrogen) atoms. The molecular formula is C48H32N2O. The molecule has 0 atom stereocenters. The normalized spacial score (nSPS) is 13.0. The molecule has 10 rings (SSSR count). The van der Waals surface area contributed by atoms with E-state index in [1.807, 2.05) is 30.3 Å². The highest BCUT2D eigenvalue weighted by molar-refractivity contribution is 6.09. The van der Waals surface area contributed by atoms with Gasteiger partial charge in [0.15, 0.2) is 5.82 Å². The van der Waals surface area contributed by atoms with Gasteiger partial charge < -0.3 is 4.42 Å². The zero-order valence-electron chi connectivity index (χ0n) is 28.0. The van der Waals surface area contributed by atoms with Crippen molar-refractivity contribution >= 4 is 21.9 Å². The molecule has 9 aromatic rings. The first kappa shape index (κ1) is 29.3. The van der Waals surface area contributed by atoms with Gasteiger partial charge >= 0.3 is 0 Å². The minimum atomic E-state index is -0.298. The highest BCUT2D eigenvalue weighted by atomic mass is 16.3. The summed E-state index contributed by atoms with van der Waals surface area (Å²) in [5.74, 6) is 0.695. The number of hydrogen-bond donors (Lipinski definition) is 0. The Morgan fingerprint density at radius 1 is 0.431 bits per heavy atom. The smallest absolute Gasteiger partial charge is 0.160 e. The lowest BCUT2D eigenvalue weighted by atomic mass is 9.74. The molecule has 0 saturated carbocycles. The van der Waals surface area contributed by atoms with E-state index in [1.165, 1.54) is 27.8 Å². The SMILES string of the molecule is CC1(c2cccc(-c3cc(-c4cccc(-c5cccc6c5oc5ccccc56)c4)nc(-c4ccccc4)n3)c2)c2ccccc2-c2ccccc21. The number of aromatic nitrogens is 2. The molecule has 3 nitrogen and oxygen atoms in total. The van der Waals surface area contributed by atoms with Crippen molar-refractivity contribution in [1.82, 2.24) is 9.97 Å². The van der Waals surface area contributed by atoms with Crippen molar-refractivity contribution < 1.29 is 4.42 Å². The van der Waals surface area contributed by atoms with Gasteiger partial charge in [-0.25, -0.2) is 9.97 Å². The van der Waals surface area contributed by atoms with Gasteiger partial charge in [0.05, 0.1) is 11.4 Å². The summed E-state index contributed by atoms with van der Waals surface area (Å²) in [5, 5.41) is 2.24. The molecule has 240 valence electrons. The van der Waals surface area contributed by atoms with Crippen molar-refractivity contribution in [3.63, 3.8) is 0 Å². The van der Waals surface area contributed by atoms with Crippen LogP contribution in [0.5, 0.6) is 0 Å². The third kappa shape index (κ3) is 4.66. The minimum absolute atomic E-state index is 0.298. The first-order valence-corrected chi connectivity index (χ1v) is 17.4. The van der Waals surface area contributed by atoms with Crippen LogP contribution in [0.4, 0.5) is 0 Å². The van der Waals surface area contributed by atoms with Gasteiger partial charge in [-0.05, 0) is 64.6 Å². The standard InChI is InChI=1S/C48H32N2O/c1-48(41-25-8-5-20-37(41)38-21-6-9-26-42(38)48)35-19-12-18-34(29-35)44-30-43(49-47(50-44)31-14-3-2-4-15-31)33-17-11-16-32(28-33)36-23-13-24-40-39-22-7-10-27-45(39)51-46(36)40/h2-30H,1H3. The van der Waals surface area contributed by atoms with Crippen LogP contribution in [0.1, 0.15) is 23.6 Å². The molecule has 0 fully saturated rings. The first-order valence-electron chi connectivity index (χ1n) is 17.4. The number of benzene rings is 7.